The number of benzene rings is 2. The van der Waals surface area contributed by atoms with Gasteiger partial charge in [-0.3, -0.25) is 14.5 Å². The quantitative estimate of drug-likeness (QED) is 0.372. The molecule has 1 amide bonds. The third kappa shape index (κ3) is 4.05. The van der Waals surface area contributed by atoms with Crippen molar-refractivity contribution in [1.29, 1.82) is 0 Å². The number of aryl methyl sites for hydroxylation is 1. The number of pyridine rings is 1. The van der Waals surface area contributed by atoms with Gasteiger partial charge in [-0.15, -0.1) is 0 Å². The summed E-state index contributed by atoms with van der Waals surface area (Å²) >= 11 is 0. The van der Waals surface area contributed by atoms with Gasteiger partial charge in [-0.2, -0.15) is 5.10 Å². The summed E-state index contributed by atoms with van der Waals surface area (Å²) in [5, 5.41) is 3.39. The molecule has 0 aliphatic carbocycles. The fraction of sp³-hybridized carbons (Fsp3) is 0.296. The highest BCUT2D eigenvalue weighted by Gasteiger charge is 2.43. The maximum absolute atomic E-state index is 15.4. The predicted octanol–water partition coefficient (Wildman–Crippen LogP) is 3.57. The van der Waals surface area contributed by atoms with Gasteiger partial charge in [0, 0.05) is 42.3 Å². The van der Waals surface area contributed by atoms with E-state index in [4.69, 9.17) is 25.2 Å². The minimum atomic E-state index is -1.80. The van der Waals surface area contributed by atoms with Crippen LogP contribution in [0.4, 0.5) is 8.78 Å². The number of rotatable bonds is 6. The van der Waals surface area contributed by atoms with E-state index in [2.05, 4.69) is 10.1 Å². The van der Waals surface area contributed by atoms with Crippen LogP contribution in [-0.4, -0.2) is 60.6 Å². The second-order valence-corrected chi connectivity index (χ2v) is 9.66. The Bertz CT molecular complexity index is 1550. The van der Waals surface area contributed by atoms with Crippen molar-refractivity contribution in [3.63, 3.8) is 0 Å². The van der Waals surface area contributed by atoms with Crippen LogP contribution in [0.25, 0.3) is 22.0 Å². The third-order valence-corrected chi connectivity index (χ3v) is 7.08. The molecule has 11 heteroatoms. The Balaban J connectivity index is 1.32. The lowest BCUT2D eigenvalue weighted by Gasteiger charge is -2.33. The number of amides is 1. The number of aromatic nitrogens is 3. The Morgan fingerprint density at radius 1 is 1.18 bits per heavy atom. The minimum Gasteiger partial charge on any atom is -0.489 e. The number of halogens is 2. The molecule has 0 bridgehead atoms. The molecule has 2 aromatic carbocycles. The first-order valence-electron chi connectivity index (χ1n) is 12.3. The van der Waals surface area contributed by atoms with E-state index in [1.165, 1.54) is 24.4 Å². The number of nitrogens with zero attached hydrogens (tertiary/aromatic N) is 4. The first kappa shape index (κ1) is 24.6. The average molecular weight is 510 g/mol. The predicted molar refractivity (Wildman–Crippen MR) is 138 cm³/mol. The highest BCUT2D eigenvalue weighted by atomic mass is 19.1. The van der Waals surface area contributed by atoms with Crippen LogP contribution in [0.5, 0.6) is 5.75 Å². The molecule has 0 N–H and O–H groups in total. The number of ether oxygens (including phenoxy) is 2. The lowest BCUT2D eigenvalue weighted by atomic mass is 9.59. The molecular formula is C27H22B2F2N4O3. The Morgan fingerprint density at radius 3 is 2.68 bits per heavy atom. The molecule has 1 unspecified atom stereocenters. The van der Waals surface area contributed by atoms with Crippen LogP contribution in [0, 0.1) is 11.6 Å². The Labute approximate surface area is 220 Å². The Kier molecular flexibility index (Phi) is 5.98. The molecule has 0 saturated carbocycles. The van der Waals surface area contributed by atoms with E-state index >= 15 is 8.78 Å². The van der Waals surface area contributed by atoms with Crippen molar-refractivity contribution in [2.45, 2.75) is 30.8 Å². The van der Waals surface area contributed by atoms with Crippen LogP contribution in [0.15, 0.2) is 48.8 Å². The van der Waals surface area contributed by atoms with Crippen LogP contribution in [-0.2, 0) is 23.7 Å². The van der Waals surface area contributed by atoms with Crippen LogP contribution in [0.1, 0.15) is 34.5 Å². The monoisotopic (exact) mass is 510 g/mol. The summed E-state index contributed by atoms with van der Waals surface area (Å²) in [7, 11) is 14.1. The molecule has 2 aliphatic heterocycles. The molecule has 1 saturated heterocycles. The zero-order valence-corrected chi connectivity index (χ0v) is 20.7. The standard InChI is InChI=1S/C27H22B2F2N4O3/c1-34-12-19-17(6-7-23(24(19)33-34)38-14-16-4-3-9-37-16)15-10-21(30)20(22(31)11-15)13-35-26(36)18-5-2-8-32-25(18)27(35,28)29/h2,5-8,10-12,16H,3-4,9,13-14H2,1H3. The third-order valence-electron chi connectivity index (χ3n) is 7.08. The van der Waals surface area contributed by atoms with Crippen molar-refractivity contribution >= 4 is 32.5 Å². The number of hydrogen-bond donors (Lipinski definition) is 0. The van der Waals surface area contributed by atoms with Gasteiger partial charge in [-0.1, -0.05) is 0 Å². The lowest BCUT2D eigenvalue weighted by Crippen LogP contribution is -2.45. The van der Waals surface area contributed by atoms with Crippen LogP contribution >= 0.6 is 0 Å². The molecule has 4 radical (unpaired) electrons. The van der Waals surface area contributed by atoms with E-state index in [-0.39, 0.29) is 22.9 Å². The summed E-state index contributed by atoms with van der Waals surface area (Å²) in [4.78, 5) is 18.0. The molecule has 38 heavy (non-hydrogen) atoms. The van der Waals surface area contributed by atoms with Crippen LogP contribution < -0.4 is 4.74 Å². The Morgan fingerprint density at radius 2 is 1.97 bits per heavy atom. The summed E-state index contributed by atoms with van der Waals surface area (Å²) in [6.07, 6.45) is 5.22. The average Bonchev–Trinajstić information content (AvgIpc) is 3.59. The van der Waals surface area contributed by atoms with Crippen molar-refractivity contribution in [2.24, 2.45) is 7.05 Å². The molecule has 1 atom stereocenters. The second-order valence-electron chi connectivity index (χ2n) is 9.66. The van der Waals surface area contributed by atoms with Crippen LogP contribution in [0.3, 0.4) is 0 Å². The molecular weight excluding hydrogens is 488 g/mol. The van der Waals surface area contributed by atoms with Gasteiger partial charge in [0.25, 0.3) is 5.91 Å². The SMILES string of the molecule is [B]C1([B])c2ncccc2C(=O)N1Cc1c(F)cc(-c2ccc(OCC3CCCO3)c3nn(C)cc23)cc1F. The fourth-order valence-electron chi connectivity index (χ4n) is 5.13. The summed E-state index contributed by atoms with van der Waals surface area (Å²) in [5.41, 5.74) is 1.52. The van der Waals surface area contributed by atoms with E-state index < -0.39 is 29.4 Å². The maximum Gasteiger partial charge on any atom is 0.255 e. The van der Waals surface area contributed by atoms with Gasteiger partial charge in [0.1, 0.15) is 29.5 Å². The maximum atomic E-state index is 15.4. The van der Waals surface area contributed by atoms with Gasteiger partial charge in [-0.25, -0.2) is 8.78 Å². The van der Waals surface area contributed by atoms with Crippen molar-refractivity contribution in [3.05, 3.63) is 77.2 Å². The first-order chi connectivity index (χ1) is 18.2. The van der Waals surface area contributed by atoms with E-state index in [0.717, 1.165) is 24.3 Å². The van der Waals surface area contributed by atoms with Gasteiger partial charge >= 0.3 is 0 Å². The van der Waals surface area contributed by atoms with Gasteiger partial charge in [-0.05, 0) is 60.4 Å². The van der Waals surface area contributed by atoms with Crippen molar-refractivity contribution in [2.75, 3.05) is 13.2 Å². The van der Waals surface area contributed by atoms with Crippen molar-refractivity contribution in [1.82, 2.24) is 19.7 Å². The summed E-state index contributed by atoms with van der Waals surface area (Å²) in [6, 6.07) is 9.06. The molecule has 0 spiro atoms. The molecule has 4 aromatic rings. The minimum absolute atomic E-state index is 0.0380. The van der Waals surface area contributed by atoms with Crippen molar-refractivity contribution < 1.29 is 23.0 Å². The van der Waals surface area contributed by atoms with Crippen molar-refractivity contribution in [3.8, 4) is 16.9 Å². The number of hydrogen-bond acceptors (Lipinski definition) is 5. The molecule has 188 valence electrons. The highest BCUT2D eigenvalue weighted by Crippen LogP contribution is 2.38. The molecule has 7 nitrogen and oxygen atoms in total. The lowest BCUT2D eigenvalue weighted by molar-refractivity contribution is 0.0684. The molecule has 2 aromatic heterocycles. The molecule has 4 heterocycles. The van der Waals surface area contributed by atoms with Gasteiger partial charge < -0.3 is 14.4 Å². The summed E-state index contributed by atoms with van der Waals surface area (Å²) < 4.78 is 44.0. The number of carbonyl (C=O) groups is 1. The highest BCUT2D eigenvalue weighted by molar-refractivity contribution is 6.42. The zero-order valence-electron chi connectivity index (χ0n) is 20.7. The smallest absolute Gasteiger partial charge is 0.255 e. The van der Waals surface area contributed by atoms with Crippen LogP contribution in [0.2, 0.25) is 0 Å². The second kappa shape index (κ2) is 9.23. The van der Waals surface area contributed by atoms with E-state index in [1.54, 1.807) is 36.1 Å². The van der Waals surface area contributed by atoms with E-state index in [1.807, 2.05) is 0 Å². The van der Waals surface area contributed by atoms with E-state index in [0.29, 0.717) is 34.4 Å². The molecule has 1 fully saturated rings. The Hall–Kier alpha value is -3.72. The van der Waals surface area contributed by atoms with Gasteiger partial charge in [0.15, 0.2) is 0 Å². The number of fused-ring (bicyclic) bond motifs is 2. The van der Waals surface area contributed by atoms with E-state index in [9.17, 15) is 4.79 Å². The summed E-state index contributed by atoms with van der Waals surface area (Å²) in [5.74, 6) is -1.64. The fourth-order valence-corrected chi connectivity index (χ4v) is 5.13. The molecule has 6 rings (SSSR count). The topological polar surface area (TPSA) is 69.5 Å². The van der Waals surface area contributed by atoms with Gasteiger partial charge in [0.2, 0.25) is 0 Å². The molecule has 2 aliphatic rings. The first-order valence-corrected chi connectivity index (χ1v) is 12.3. The van der Waals surface area contributed by atoms with Gasteiger partial charge in [0.05, 0.1) is 39.6 Å². The normalized spacial score (nSPS) is 18.3. The number of carbonyl (C=O) groups excluding carboxylic acids is 1. The zero-order chi connectivity index (χ0) is 26.6. The largest absolute Gasteiger partial charge is 0.489 e. The summed E-state index contributed by atoms with van der Waals surface area (Å²) in [6.45, 7) is 0.673.